The lowest BCUT2D eigenvalue weighted by atomic mass is 10.1. The molecule has 1 aliphatic rings. The number of carboxylic acids is 1. The van der Waals surface area contributed by atoms with Crippen molar-refractivity contribution in [2.75, 3.05) is 18.5 Å². The van der Waals surface area contributed by atoms with Crippen molar-refractivity contribution in [2.45, 2.75) is 12.8 Å². The fourth-order valence-corrected chi connectivity index (χ4v) is 2.70. The van der Waals surface area contributed by atoms with Crippen LogP contribution in [0.2, 0.25) is 5.02 Å². The highest BCUT2D eigenvalue weighted by atomic mass is 35.5. The minimum absolute atomic E-state index is 0.415. The van der Waals surface area contributed by atoms with E-state index in [0.717, 1.165) is 12.8 Å². The van der Waals surface area contributed by atoms with Gasteiger partial charge in [0.15, 0.2) is 6.61 Å². The molecule has 6 nitrogen and oxygen atoms in total. The van der Waals surface area contributed by atoms with Crippen molar-refractivity contribution in [1.29, 1.82) is 0 Å². The number of benzene rings is 1. The van der Waals surface area contributed by atoms with E-state index in [1.165, 1.54) is 5.57 Å². The maximum Gasteiger partial charge on any atom is 0.341 e. The summed E-state index contributed by atoms with van der Waals surface area (Å²) in [5, 5.41) is 12.5. The number of ether oxygens (including phenoxy) is 1. The maximum absolute atomic E-state index is 10.7. The first-order chi connectivity index (χ1) is 12.6. The molecule has 2 N–H and O–H groups in total. The molecule has 0 amide bonds. The van der Waals surface area contributed by atoms with Gasteiger partial charge >= 0.3 is 5.97 Å². The number of nitrogens with zero attached hydrogens (tertiary/aromatic N) is 2. The zero-order valence-corrected chi connectivity index (χ0v) is 14.7. The van der Waals surface area contributed by atoms with Gasteiger partial charge < -0.3 is 15.2 Å². The standard InChI is InChI=1S/C19H18ClN3O3/c20-15-6-7-17(26-12-18(24)25)16(8-15)14-10-22-19(23-11-14)21-9-13-4-2-1-3-5-13/h2,4-8,10-11H,1,3,9,12H2,(H,24,25)(H,21,22,23). The second-order valence-electron chi connectivity index (χ2n) is 5.73. The van der Waals surface area contributed by atoms with Crippen molar-refractivity contribution in [1.82, 2.24) is 9.97 Å². The molecule has 1 heterocycles. The first kappa shape index (κ1) is 17.9. The monoisotopic (exact) mass is 371 g/mol. The molecular weight excluding hydrogens is 354 g/mol. The number of rotatable bonds is 7. The van der Waals surface area contributed by atoms with Gasteiger partial charge in [-0.3, -0.25) is 0 Å². The second-order valence-corrected chi connectivity index (χ2v) is 6.17. The van der Waals surface area contributed by atoms with Crippen LogP contribution in [0.5, 0.6) is 5.75 Å². The van der Waals surface area contributed by atoms with Gasteiger partial charge in [0.25, 0.3) is 0 Å². The fraction of sp³-hybridized carbons (Fsp3) is 0.211. The summed E-state index contributed by atoms with van der Waals surface area (Å²) in [5.74, 6) is -0.116. The number of carbonyl (C=O) groups is 1. The number of carboxylic acid groups (broad SMARTS) is 1. The van der Waals surface area contributed by atoms with Crippen molar-refractivity contribution < 1.29 is 14.6 Å². The summed E-state index contributed by atoms with van der Waals surface area (Å²) in [6.07, 6.45) is 11.9. The van der Waals surface area contributed by atoms with Crippen molar-refractivity contribution in [3.05, 3.63) is 59.4 Å². The van der Waals surface area contributed by atoms with Crippen molar-refractivity contribution in [3.63, 3.8) is 0 Å². The second kappa shape index (κ2) is 8.49. The van der Waals surface area contributed by atoms with Crippen molar-refractivity contribution in [2.24, 2.45) is 0 Å². The summed E-state index contributed by atoms with van der Waals surface area (Å²) < 4.78 is 5.32. The number of allylic oxidation sites excluding steroid dienone is 2. The Labute approximate surface area is 156 Å². The van der Waals surface area contributed by atoms with Gasteiger partial charge in [0, 0.05) is 35.1 Å². The van der Waals surface area contributed by atoms with E-state index in [2.05, 4.69) is 33.5 Å². The first-order valence-electron chi connectivity index (χ1n) is 8.18. The molecule has 0 radical (unpaired) electrons. The number of hydrogen-bond acceptors (Lipinski definition) is 5. The maximum atomic E-state index is 10.7. The van der Waals surface area contributed by atoms with Crippen LogP contribution in [0.1, 0.15) is 12.8 Å². The molecule has 0 bridgehead atoms. The summed E-state index contributed by atoms with van der Waals surface area (Å²) in [5.41, 5.74) is 2.54. The van der Waals surface area contributed by atoms with Gasteiger partial charge in [-0.05, 0) is 36.6 Å². The quantitative estimate of drug-likeness (QED) is 0.766. The lowest BCUT2D eigenvalue weighted by Gasteiger charge is -2.11. The summed E-state index contributed by atoms with van der Waals surface area (Å²) in [7, 11) is 0. The van der Waals surface area contributed by atoms with E-state index >= 15 is 0 Å². The number of aromatic nitrogens is 2. The molecule has 0 spiro atoms. The van der Waals surface area contributed by atoms with Crippen LogP contribution < -0.4 is 10.1 Å². The van der Waals surface area contributed by atoms with Gasteiger partial charge in [-0.1, -0.05) is 29.8 Å². The van der Waals surface area contributed by atoms with Crippen LogP contribution in [0.3, 0.4) is 0 Å². The molecule has 26 heavy (non-hydrogen) atoms. The van der Waals surface area contributed by atoms with Gasteiger partial charge in [-0.25, -0.2) is 14.8 Å². The Balaban J connectivity index is 1.73. The number of hydrogen-bond donors (Lipinski definition) is 2. The van der Waals surface area contributed by atoms with E-state index in [1.807, 2.05) is 0 Å². The molecule has 1 aromatic heterocycles. The van der Waals surface area contributed by atoms with Crippen LogP contribution in [0, 0.1) is 0 Å². The Morgan fingerprint density at radius 2 is 2.08 bits per heavy atom. The van der Waals surface area contributed by atoms with E-state index < -0.39 is 12.6 Å². The van der Waals surface area contributed by atoms with E-state index in [1.54, 1.807) is 30.6 Å². The van der Waals surface area contributed by atoms with Crippen LogP contribution in [0.15, 0.2) is 54.4 Å². The van der Waals surface area contributed by atoms with Crippen LogP contribution in [0.25, 0.3) is 11.1 Å². The van der Waals surface area contributed by atoms with Crippen LogP contribution in [-0.4, -0.2) is 34.2 Å². The fourth-order valence-electron chi connectivity index (χ4n) is 2.53. The number of halogens is 1. The summed E-state index contributed by atoms with van der Waals surface area (Å²) in [4.78, 5) is 19.4. The Hall–Kier alpha value is -2.86. The first-order valence-corrected chi connectivity index (χ1v) is 8.55. The molecule has 0 unspecified atom stereocenters. The van der Waals surface area contributed by atoms with Crippen LogP contribution in [-0.2, 0) is 4.79 Å². The van der Waals surface area contributed by atoms with Gasteiger partial charge in [-0.15, -0.1) is 0 Å². The Kier molecular flexibility index (Phi) is 5.86. The van der Waals surface area contributed by atoms with E-state index in [4.69, 9.17) is 21.4 Å². The van der Waals surface area contributed by atoms with E-state index in [-0.39, 0.29) is 0 Å². The summed E-state index contributed by atoms with van der Waals surface area (Å²) in [6.45, 7) is 0.234. The summed E-state index contributed by atoms with van der Waals surface area (Å²) >= 11 is 6.06. The van der Waals surface area contributed by atoms with Crippen LogP contribution in [0.4, 0.5) is 5.95 Å². The number of nitrogens with one attached hydrogen (secondary N) is 1. The molecule has 2 aromatic rings. The smallest absolute Gasteiger partial charge is 0.341 e. The Morgan fingerprint density at radius 1 is 1.27 bits per heavy atom. The lowest BCUT2D eigenvalue weighted by Crippen LogP contribution is -2.10. The lowest BCUT2D eigenvalue weighted by molar-refractivity contribution is -0.139. The minimum Gasteiger partial charge on any atom is -0.481 e. The highest BCUT2D eigenvalue weighted by molar-refractivity contribution is 6.31. The third-order valence-corrected chi connectivity index (χ3v) is 4.01. The van der Waals surface area contributed by atoms with Crippen LogP contribution >= 0.6 is 11.6 Å². The SMILES string of the molecule is O=C(O)COc1ccc(Cl)cc1-c1cnc(NCC2=CCCC=C2)nc1. The molecule has 1 aliphatic carbocycles. The average Bonchev–Trinajstić information content (AvgIpc) is 2.66. The molecule has 0 aliphatic heterocycles. The zero-order chi connectivity index (χ0) is 18.4. The van der Waals surface area contributed by atoms with Crippen molar-refractivity contribution >= 4 is 23.5 Å². The predicted molar refractivity (Wildman–Crippen MR) is 101 cm³/mol. The molecule has 0 saturated carbocycles. The Bertz CT molecular complexity index is 848. The minimum atomic E-state index is -1.05. The molecule has 0 fully saturated rings. The van der Waals surface area contributed by atoms with E-state index in [0.29, 0.717) is 34.4 Å². The molecule has 0 saturated heterocycles. The largest absolute Gasteiger partial charge is 0.481 e. The van der Waals surface area contributed by atoms with Gasteiger partial charge in [0.05, 0.1) is 0 Å². The number of aliphatic carboxylic acids is 1. The Morgan fingerprint density at radius 3 is 2.77 bits per heavy atom. The topological polar surface area (TPSA) is 84.3 Å². The van der Waals surface area contributed by atoms with Gasteiger partial charge in [0.1, 0.15) is 5.75 Å². The predicted octanol–water partition coefficient (Wildman–Crippen LogP) is 3.95. The van der Waals surface area contributed by atoms with Crippen molar-refractivity contribution in [3.8, 4) is 16.9 Å². The third kappa shape index (κ3) is 4.83. The molecule has 3 rings (SSSR count). The molecule has 0 atom stereocenters. The third-order valence-electron chi connectivity index (χ3n) is 3.78. The van der Waals surface area contributed by atoms with Gasteiger partial charge in [-0.2, -0.15) is 0 Å². The van der Waals surface area contributed by atoms with E-state index in [9.17, 15) is 4.79 Å². The van der Waals surface area contributed by atoms with Gasteiger partial charge in [0.2, 0.25) is 5.95 Å². The summed E-state index contributed by atoms with van der Waals surface area (Å²) in [6, 6.07) is 4.97. The zero-order valence-electron chi connectivity index (χ0n) is 14.0. The normalized spacial score (nSPS) is 13.2. The molecule has 134 valence electrons. The highest BCUT2D eigenvalue weighted by Crippen LogP contribution is 2.32. The highest BCUT2D eigenvalue weighted by Gasteiger charge is 2.10. The molecular formula is C19H18ClN3O3. The number of anilines is 1. The molecule has 7 heteroatoms. The average molecular weight is 372 g/mol. The molecule has 1 aromatic carbocycles.